The van der Waals surface area contributed by atoms with Crippen LogP contribution in [0.3, 0.4) is 0 Å². The maximum absolute atomic E-state index is 11.6. The Hall–Kier alpha value is -1.88. The summed E-state index contributed by atoms with van der Waals surface area (Å²) in [5.41, 5.74) is 0.0218. The molecule has 5 nitrogen and oxygen atoms in total. The maximum atomic E-state index is 11.6. The average molecular weight is 223 g/mol. The second kappa shape index (κ2) is 4.76. The van der Waals surface area contributed by atoms with E-state index in [4.69, 9.17) is 5.11 Å². The van der Waals surface area contributed by atoms with Crippen molar-refractivity contribution in [2.45, 2.75) is 0 Å². The first-order valence-corrected chi connectivity index (χ1v) is 4.66. The van der Waals surface area contributed by atoms with Crippen LogP contribution >= 0.6 is 0 Å². The summed E-state index contributed by atoms with van der Waals surface area (Å²) in [6, 6.07) is 3.81. The molecule has 0 radical (unpaired) electrons. The van der Waals surface area contributed by atoms with E-state index in [2.05, 4.69) is 0 Å². The Bertz CT molecular complexity index is 426. The second-order valence-corrected chi connectivity index (χ2v) is 3.70. The van der Waals surface area contributed by atoms with Gasteiger partial charge in [0.25, 0.3) is 0 Å². The molecule has 1 aromatic rings. The lowest BCUT2D eigenvalue weighted by atomic mass is 10.1. The Kier molecular flexibility index (Phi) is 3.63. The van der Waals surface area contributed by atoms with Gasteiger partial charge in [-0.2, -0.15) is 0 Å². The molecule has 0 amide bonds. The van der Waals surface area contributed by atoms with Gasteiger partial charge in [0, 0.05) is 5.56 Å². The Morgan fingerprint density at radius 2 is 1.94 bits per heavy atom. The third kappa shape index (κ3) is 2.80. The van der Waals surface area contributed by atoms with Crippen molar-refractivity contribution in [3.05, 3.63) is 29.3 Å². The quantitative estimate of drug-likeness (QED) is 0.739. The molecule has 0 saturated heterocycles. The molecule has 1 rings (SSSR count). The summed E-state index contributed by atoms with van der Waals surface area (Å²) in [6.07, 6.45) is 0. The number of aromatic hydroxyl groups is 1. The second-order valence-electron chi connectivity index (χ2n) is 3.70. The Morgan fingerprint density at radius 1 is 1.31 bits per heavy atom. The summed E-state index contributed by atoms with van der Waals surface area (Å²) in [7, 11) is 3.49. The summed E-state index contributed by atoms with van der Waals surface area (Å²) >= 11 is 0. The number of Topliss-reactive ketones (excluding diaryl/α,β-unsaturated/α-hetero) is 1. The number of phenols is 1. The zero-order valence-corrected chi connectivity index (χ0v) is 9.10. The smallest absolute Gasteiger partial charge is 0.339 e. The van der Waals surface area contributed by atoms with Crippen LogP contribution in [0.1, 0.15) is 20.7 Å². The van der Waals surface area contributed by atoms with Gasteiger partial charge in [0.2, 0.25) is 0 Å². The van der Waals surface area contributed by atoms with Gasteiger partial charge in [0.15, 0.2) is 5.78 Å². The minimum Gasteiger partial charge on any atom is -0.507 e. The molecule has 2 N–H and O–H groups in total. The predicted molar refractivity (Wildman–Crippen MR) is 58.0 cm³/mol. The van der Waals surface area contributed by atoms with E-state index in [1.165, 1.54) is 18.2 Å². The largest absolute Gasteiger partial charge is 0.507 e. The first kappa shape index (κ1) is 12.2. The fraction of sp³-hybridized carbons (Fsp3) is 0.273. The molecule has 1 aromatic carbocycles. The number of hydrogen-bond donors (Lipinski definition) is 2. The standard InChI is InChI=1S/C11H13NO4/c1-12(2)6-10(14)7-3-4-9(13)8(5-7)11(15)16/h3-5,13H,6H2,1-2H3,(H,15,16). The first-order chi connectivity index (χ1) is 7.41. The van der Waals surface area contributed by atoms with E-state index in [1.807, 2.05) is 0 Å². The van der Waals surface area contributed by atoms with Crippen LogP contribution in [-0.2, 0) is 0 Å². The number of likely N-dealkylation sites (N-methyl/N-ethyl adjacent to an activating group) is 1. The van der Waals surface area contributed by atoms with E-state index in [0.717, 1.165) is 0 Å². The van der Waals surface area contributed by atoms with E-state index in [-0.39, 0.29) is 29.2 Å². The SMILES string of the molecule is CN(C)CC(=O)c1ccc(O)c(C(=O)O)c1. The minimum atomic E-state index is -1.25. The lowest BCUT2D eigenvalue weighted by Gasteiger charge is -2.09. The highest BCUT2D eigenvalue weighted by atomic mass is 16.4. The maximum Gasteiger partial charge on any atom is 0.339 e. The Labute approximate surface area is 92.9 Å². The van der Waals surface area contributed by atoms with Crippen molar-refractivity contribution in [3.8, 4) is 5.75 Å². The summed E-state index contributed by atoms with van der Waals surface area (Å²) in [5.74, 6) is -1.78. The monoisotopic (exact) mass is 223 g/mol. The number of nitrogens with zero attached hydrogens (tertiary/aromatic N) is 1. The summed E-state index contributed by atoms with van der Waals surface area (Å²) in [4.78, 5) is 24.1. The molecule has 0 fully saturated rings. The molecule has 0 spiro atoms. The molecule has 0 aliphatic rings. The lowest BCUT2D eigenvalue weighted by Crippen LogP contribution is -2.21. The zero-order chi connectivity index (χ0) is 12.3. The van der Waals surface area contributed by atoms with Crippen LogP contribution in [0.5, 0.6) is 5.75 Å². The number of rotatable bonds is 4. The first-order valence-electron chi connectivity index (χ1n) is 4.66. The molecule has 0 bridgehead atoms. The van der Waals surface area contributed by atoms with Gasteiger partial charge in [0.1, 0.15) is 11.3 Å². The van der Waals surface area contributed by atoms with Gasteiger partial charge in [-0.25, -0.2) is 4.79 Å². The molecule has 0 aliphatic heterocycles. The van der Waals surface area contributed by atoms with Gasteiger partial charge >= 0.3 is 5.97 Å². The normalized spacial score (nSPS) is 10.4. The molecule has 0 aliphatic carbocycles. The fourth-order valence-electron chi connectivity index (χ4n) is 1.26. The third-order valence-electron chi connectivity index (χ3n) is 2.01. The van der Waals surface area contributed by atoms with E-state index in [0.29, 0.717) is 0 Å². The number of carbonyl (C=O) groups excluding carboxylic acids is 1. The van der Waals surface area contributed by atoms with Crippen molar-refractivity contribution >= 4 is 11.8 Å². The molecule has 0 heterocycles. The van der Waals surface area contributed by atoms with Crippen molar-refractivity contribution in [2.24, 2.45) is 0 Å². The van der Waals surface area contributed by atoms with E-state index in [9.17, 15) is 14.7 Å². The Morgan fingerprint density at radius 3 is 2.44 bits per heavy atom. The molecule has 5 heteroatoms. The van der Waals surface area contributed by atoms with E-state index in [1.54, 1.807) is 19.0 Å². The summed E-state index contributed by atoms with van der Waals surface area (Å²) < 4.78 is 0. The highest BCUT2D eigenvalue weighted by Crippen LogP contribution is 2.18. The van der Waals surface area contributed by atoms with Crippen LogP contribution in [0.4, 0.5) is 0 Å². The minimum absolute atomic E-state index is 0.187. The van der Waals surface area contributed by atoms with Crippen molar-refractivity contribution in [1.82, 2.24) is 4.90 Å². The van der Waals surface area contributed by atoms with Crippen molar-refractivity contribution in [2.75, 3.05) is 20.6 Å². The van der Waals surface area contributed by atoms with Crippen LogP contribution in [-0.4, -0.2) is 47.5 Å². The van der Waals surface area contributed by atoms with Gasteiger partial charge in [-0.3, -0.25) is 4.79 Å². The third-order valence-corrected chi connectivity index (χ3v) is 2.01. The van der Waals surface area contributed by atoms with Gasteiger partial charge in [0.05, 0.1) is 6.54 Å². The summed E-state index contributed by atoms with van der Waals surface area (Å²) in [5, 5.41) is 18.0. The van der Waals surface area contributed by atoms with Crippen LogP contribution in [0, 0.1) is 0 Å². The zero-order valence-electron chi connectivity index (χ0n) is 9.10. The van der Waals surface area contributed by atoms with Gasteiger partial charge < -0.3 is 15.1 Å². The number of aromatic carboxylic acids is 1. The highest BCUT2D eigenvalue weighted by molar-refractivity contribution is 6.00. The number of ketones is 1. The number of hydrogen-bond acceptors (Lipinski definition) is 4. The van der Waals surface area contributed by atoms with E-state index < -0.39 is 5.97 Å². The predicted octanol–water partition coefficient (Wildman–Crippen LogP) is 0.835. The molecule has 0 unspecified atom stereocenters. The molecule has 0 atom stereocenters. The molecule has 16 heavy (non-hydrogen) atoms. The van der Waals surface area contributed by atoms with Gasteiger partial charge in [-0.05, 0) is 32.3 Å². The van der Waals surface area contributed by atoms with Crippen molar-refractivity contribution in [3.63, 3.8) is 0 Å². The number of benzene rings is 1. The van der Waals surface area contributed by atoms with Gasteiger partial charge in [-0.15, -0.1) is 0 Å². The number of carbonyl (C=O) groups is 2. The molecule has 0 saturated carbocycles. The Balaban J connectivity index is 3.03. The average Bonchev–Trinajstić information content (AvgIpc) is 2.16. The van der Waals surface area contributed by atoms with Crippen LogP contribution in [0.15, 0.2) is 18.2 Å². The van der Waals surface area contributed by atoms with Crippen LogP contribution in [0.2, 0.25) is 0 Å². The number of carboxylic acids is 1. The lowest BCUT2D eigenvalue weighted by molar-refractivity contribution is 0.0693. The van der Waals surface area contributed by atoms with Crippen LogP contribution in [0.25, 0.3) is 0 Å². The molecule has 86 valence electrons. The molecular formula is C11H13NO4. The van der Waals surface area contributed by atoms with Crippen LogP contribution < -0.4 is 0 Å². The highest BCUT2D eigenvalue weighted by Gasteiger charge is 2.14. The van der Waals surface area contributed by atoms with E-state index >= 15 is 0 Å². The molecule has 0 aromatic heterocycles. The van der Waals surface area contributed by atoms with Crippen molar-refractivity contribution in [1.29, 1.82) is 0 Å². The summed E-state index contributed by atoms with van der Waals surface area (Å²) in [6.45, 7) is 0.198. The molecular weight excluding hydrogens is 210 g/mol. The number of carboxylic acid groups (broad SMARTS) is 1. The van der Waals surface area contributed by atoms with Gasteiger partial charge in [-0.1, -0.05) is 0 Å². The fourth-order valence-corrected chi connectivity index (χ4v) is 1.26. The van der Waals surface area contributed by atoms with Crippen molar-refractivity contribution < 1.29 is 19.8 Å². The topological polar surface area (TPSA) is 77.8 Å².